The number of hydrogen-bond donors (Lipinski definition) is 3. The number of aldehydes is 1. The van der Waals surface area contributed by atoms with Crippen molar-refractivity contribution in [2.24, 2.45) is 0 Å². The Kier molecular flexibility index (Phi) is 8.59. The van der Waals surface area contributed by atoms with Gasteiger partial charge in [-0.15, -0.1) is 0 Å². The lowest BCUT2D eigenvalue weighted by Crippen LogP contribution is -2.65. The molecule has 2 unspecified atom stereocenters. The molecule has 3 N–H and O–H groups in total. The fourth-order valence-electron chi connectivity index (χ4n) is 3.87. The van der Waals surface area contributed by atoms with E-state index in [0.29, 0.717) is 17.0 Å². The number of Topliss-reactive ketones (excluding diaryl/α,β-unsaturated/α-hetero) is 1. The Morgan fingerprint density at radius 1 is 1.14 bits per heavy atom. The van der Waals surface area contributed by atoms with Gasteiger partial charge in [0.1, 0.15) is 12.3 Å². The molecule has 2 aliphatic heterocycles. The number of carboxylic acid groups (broad SMARTS) is 1. The second-order valence-corrected chi connectivity index (χ2v) is 8.66. The maximum atomic E-state index is 13.3. The summed E-state index contributed by atoms with van der Waals surface area (Å²) in [5, 5.41) is 14.4. The van der Waals surface area contributed by atoms with Gasteiger partial charge >= 0.3 is 17.9 Å². The zero-order valence-electron chi connectivity index (χ0n) is 19.0. The number of aliphatic carboxylic acids is 1. The highest BCUT2D eigenvalue weighted by atomic mass is 35.5. The van der Waals surface area contributed by atoms with Gasteiger partial charge in [-0.3, -0.25) is 29.4 Å². The van der Waals surface area contributed by atoms with Gasteiger partial charge in [0, 0.05) is 24.4 Å². The highest BCUT2D eigenvalue weighted by Gasteiger charge is 2.44. The number of nitrogens with one attached hydrogen (secondary N) is 2. The summed E-state index contributed by atoms with van der Waals surface area (Å²) in [7, 11) is 0. The van der Waals surface area contributed by atoms with Crippen LogP contribution in [-0.4, -0.2) is 87.1 Å². The second kappa shape index (κ2) is 11.6. The third kappa shape index (κ3) is 6.36. The van der Waals surface area contributed by atoms with Crippen LogP contribution in [0.3, 0.4) is 0 Å². The molecule has 2 saturated heterocycles. The average molecular weight is 522 g/mol. The molecule has 0 aliphatic carbocycles. The maximum Gasteiger partial charge on any atom is 0.358 e. The quantitative estimate of drug-likeness (QED) is 0.292. The van der Waals surface area contributed by atoms with Gasteiger partial charge in [0.2, 0.25) is 17.6 Å². The van der Waals surface area contributed by atoms with Crippen molar-refractivity contribution in [1.82, 2.24) is 25.8 Å². The normalized spacial score (nSPS) is 18.6. The SMILES string of the molecule is O=CC(CC(=O)O)NC(=O)C1CCCN2C(=O)CCN(NC(=O)C(=O)Cc3ccc(Cl)cc3)C(=O)N12. The Morgan fingerprint density at radius 2 is 1.83 bits per heavy atom. The van der Waals surface area contributed by atoms with Crippen LogP contribution in [0.2, 0.25) is 5.02 Å². The van der Waals surface area contributed by atoms with Crippen molar-refractivity contribution < 1.29 is 38.7 Å². The standard InChI is InChI=1S/C22H24ClN5O8/c23-14-5-3-13(4-6-14)10-17(30)21(35)25-26-9-7-18(31)27-8-1-2-16(28(27)22(26)36)20(34)24-15(12-29)11-19(32)33/h3-6,12,15-16H,1-2,7-11H2,(H,24,34)(H,25,35)(H,32,33). The Bertz CT molecular complexity index is 1080. The largest absolute Gasteiger partial charge is 0.481 e. The number of amides is 5. The van der Waals surface area contributed by atoms with Gasteiger partial charge in [0.05, 0.1) is 19.0 Å². The van der Waals surface area contributed by atoms with Crippen molar-refractivity contribution in [3.63, 3.8) is 0 Å². The second-order valence-electron chi connectivity index (χ2n) is 8.22. The van der Waals surface area contributed by atoms with E-state index < -0.39 is 54.0 Å². The molecule has 2 fully saturated rings. The van der Waals surface area contributed by atoms with E-state index in [0.717, 1.165) is 15.0 Å². The van der Waals surface area contributed by atoms with Crippen LogP contribution in [0.15, 0.2) is 24.3 Å². The molecular formula is C22H24ClN5O8. The first-order chi connectivity index (χ1) is 17.1. The lowest BCUT2D eigenvalue weighted by Gasteiger charge is -2.42. The Balaban J connectivity index is 1.74. The number of benzene rings is 1. The first kappa shape index (κ1) is 26.6. The number of halogens is 1. The molecule has 1 aromatic carbocycles. The van der Waals surface area contributed by atoms with Crippen LogP contribution in [0.1, 0.15) is 31.2 Å². The van der Waals surface area contributed by atoms with Crippen molar-refractivity contribution in [1.29, 1.82) is 0 Å². The summed E-state index contributed by atoms with van der Waals surface area (Å²) in [6.45, 7) is -0.104. The fraction of sp³-hybridized carbons (Fsp3) is 0.409. The minimum Gasteiger partial charge on any atom is -0.481 e. The Hall–Kier alpha value is -4.00. The van der Waals surface area contributed by atoms with Gasteiger partial charge in [0.25, 0.3) is 0 Å². The number of rotatable bonds is 9. The van der Waals surface area contributed by atoms with Crippen LogP contribution < -0.4 is 10.7 Å². The van der Waals surface area contributed by atoms with Crippen molar-refractivity contribution >= 4 is 53.4 Å². The lowest BCUT2D eigenvalue weighted by molar-refractivity contribution is -0.155. The van der Waals surface area contributed by atoms with Gasteiger partial charge in [-0.25, -0.2) is 19.8 Å². The average Bonchev–Trinajstić information content (AvgIpc) is 2.96. The molecule has 0 spiro atoms. The van der Waals surface area contributed by atoms with Crippen LogP contribution in [0, 0.1) is 0 Å². The molecule has 1 aromatic rings. The molecule has 0 saturated carbocycles. The van der Waals surface area contributed by atoms with Gasteiger partial charge < -0.3 is 15.2 Å². The van der Waals surface area contributed by atoms with Gasteiger partial charge in [-0.1, -0.05) is 23.7 Å². The van der Waals surface area contributed by atoms with E-state index in [2.05, 4.69) is 10.7 Å². The monoisotopic (exact) mass is 521 g/mol. The summed E-state index contributed by atoms with van der Waals surface area (Å²) in [4.78, 5) is 85.9. The van der Waals surface area contributed by atoms with Crippen molar-refractivity contribution in [3.8, 4) is 0 Å². The van der Waals surface area contributed by atoms with Crippen LogP contribution in [-0.2, 0) is 35.2 Å². The van der Waals surface area contributed by atoms with Crippen LogP contribution in [0.5, 0.6) is 0 Å². The summed E-state index contributed by atoms with van der Waals surface area (Å²) in [5.74, 6) is -4.54. The molecular weight excluding hydrogens is 498 g/mol. The van der Waals surface area contributed by atoms with E-state index in [1.165, 1.54) is 0 Å². The first-order valence-corrected chi connectivity index (χ1v) is 11.4. The zero-order valence-corrected chi connectivity index (χ0v) is 19.8. The predicted octanol–water partition coefficient (Wildman–Crippen LogP) is -0.325. The van der Waals surface area contributed by atoms with E-state index in [4.69, 9.17) is 16.7 Å². The van der Waals surface area contributed by atoms with Gasteiger partial charge in [-0.05, 0) is 30.5 Å². The minimum atomic E-state index is -1.33. The Morgan fingerprint density at radius 3 is 2.47 bits per heavy atom. The lowest BCUT2D eigenvalue weighted by atomic mass is 10.1. The van der Waals surface area contributed by atoms with E-state index in [1.807, 2.05) is 0 Å². The third-order valence-corrected chi connectivity index (χ3v) is 5.88. The molecule has 0 radical (unpaired) electrons. The molecule has 5 amide bonds. The molecule has 0 bridgehead atoms. The van der Waals surface area contributed by atoms with E-state index in [9.17, 15) is 33.6 Å². The predicted molar refractivity (Wildman–Crippen MR) is 122 cm³/mol. The number of hydrazine groups is 2. The Labute approximate surface area is 210 Å². The number of carbonyl (C=O) groups excluding carboxylic acids is 6. The van der Waals surface area contributed by atoms with E-state index in [1.54, 1.807) is 24.3 Å². The van der Waals surface area contributed by atoms with Crippen LogP contribution in [0.25, 0.3) is 0 Å². The summed E-state index contributed by atoms with van der Waals surface area (Å²) in [6, 6.07) is 2.79. The van der Waals surface area contributed by atoms with E-state index in [-0.39, 0.29) is 38.6 Å². The number of carboxylic acids is 1. The molecule has 192 valence electrons. The number of ketones is 1. The maximum absolute atomic E-state index is 13.3. The number of urea groups is 1. The summed E-state index contributed by atoms with van der Waals surface area (Å²) < 4.78 is 0. The molecule has 2 aliphatic rings. The van der Waals surface area contributed by atoms with Gasteiger partial charge in [0.15, 0.2) is 0 Å². The number of carbonyl (C=O) groups is 7. The highest BCUT2D eigenvalue weighted by Crippen LogP contribution is 2.24. The van der Waals surface area contributed by atoms with Crippen molar-refractivity contribution in [3.05, 3.63) is 34.9 Å². The highest BCUT2D eigenvalue weighted by molar-refractivity contribution is 6.36. The number of hydrogen-bond acceptors (Lipinski definition) is 7. The van der Waals surface area contributed by atoms with E-state index >= 15 is 0 Å². The molecule has 14 heteroatoms. The molecule has 3 rings (SSSR count). The van der Waals surface area contributed by atoms with Crippen molar-refractivity contribution in [2.75, 3.05) is 13.1 Å². The first-order valence-electron chi connectivity index (χ1n) is 11.1. The molecule has 2 atom stereocenters. The molecule has 0 aromatic heterocycles. The summed E-state index contributed by atoms with van der Waals surface area (Å²) in [5.41, 5.74) is 2.74. The summed E-state index contributed by atoms with van der Waals surface area (Å²) >= 11 is 5.81. The van der Waals surface area contributed by atoms with Crippen LogP contribution in [0.4, 0.5) is 4.79 Å². The smallest absolute Gasteiger partial charge is 0.358 e. The number of fused-ring (bicyclic) bond motifs is 1. The third-order valence-electron chi connectivity index (χ3n) is 5.62. The van der Waals surface area contributed by atoms with Crippen LogP contribution >= 0.6 is 11.6 Å². The minimum absolute atomic E-state index is 0.122. The topological polar surface area (TPSA) is 174 Å². The zero-order chi connectivity index (χ0) is 26.4. The molecule has 13 nitrogen and oxygen atoms in total. The van der Waals surface area contributed by atoms with Crippen molar-refractivity contribution in [2.45, 2.75) is 44.2 Å². The molecule has 36 heavy (non-hydrogen) atoms. The fourth-order valence-corrected chi connectivity index (χ4v) is 3.99. The molecule has 2 heterocycles. The number of nitrogens with zero attached hydrogens (tertiary/aromatic N) is 3. The summed E-state index contributed by atoms with van der Waals surface area (Å²) in [6.07, 6.45) is -0.335. The van der Waals surface area contributed by atoms with Gasteiger partial charge in [-0.2, -0.15) is 0 Å².